The van der Waals surface area contributed by atoms with E-state index in [1.165, 1.54) is 0 Å². The molecule has 104 valence electrons. The molecule has 0 bridgehead atoms. The summed E-state index contributed by atoms with van der Waals surface area (Å²) in [6.45, 7) is 1.96. The fourth-order valence-electron chi connectivity index (χ4n) is 1.92. The van der Waals surface area contributed by atoms with Gasteiger partial charge in [0.05, 0.1) is 0 Å². The van der Waals surface area contributed by atoms with Crippen LogP contribution in [0.25, 0.3) is 0 Å². The van der Waals surface area contributed by atoms with Crippen molar-refractivity contribution in [3.8, 4) is 5.75 Å². The van der Waals surface area contributed by atoms with E-state index in [9.17, 15) is 4.79 Å². The van der Waals surface area contributed by atoms with E-state index in [1.807, 2.05) is 32.2 Å². The summed E-state index contributed by atoms with van der Waals surface area (Å²) in [6.07, 6.45) is 2.20. The van der Waals surface area contributed by atoms with Crippen LogP contribution in [0, 0.1) is 0 Å². The molecule has 1 fully saturated rings. The fraction of sp³-hybridized carbons (Fsp3) is 0.500. The van der Waals surface area contributed by atoms with E-state index < -0.39 is 0 Å². The highest BCUT2D eigenvalue weighted by Crippen LogP contribution is 2.28. The lowest BCUT2D eigenvalue weighted by atomic mass is 10.1. The van der Waals surface area contributed by atoms with Gasteiger partial charge in [-0.2, -0.15) is 0 Å². The Balaban J connectivity index is 2.01. The van der Waals surface area contributed by atoms with E-state index in [2.05, 4.69) is 15.9 Å². The molecule has 1 aliphatic carbocycles. The normalized spacial score (nSPS) is 16.0. The van der Waals surface area contributed by atoms with Gasteiger partial charge in [-0.3, -0.25) is 4.79 Å². The van der Waals surface area contributed by atoms with Crippen LogP contribution in [0.2, 0.25) is 0 Å². The second kappa shape index (κ2) is 5.92. The lowest BCUT2D eigenvalue weighted by molar-refractivity contribution is -0.132. The predicted octanol–water partition coefficient (Wildman–Crippen LogP) is 2.47. The number of rotatable bonds is 5. The lowest BCUT2D eigenvalue weighted by Crippen LogP contribution is -2.33. The summed E-state index contributed by atoms with van der Waals surface area (Å²) < 4.78 is 6.55. The SMILES string of the molecule is CC(N)c1ccc(Br)cc1OCC(=O)N(C)C1CC1. The highest BCUT2D eigenvalue weighted by Gasteiger charge is 2.29. The van der Waals surface area contributed by atoms with Crippen molar-refractivity contribution in [3.63, 3.8) is 0 Å². The third-order valence-corrected chi connectivity index (χ3v) is 3.80. The van der Waals surface area contributed by atoms with Crippen LogP contribution >= 0.6 is 15.9 Å². The highest BCUT2D eigenvalue weighted by molar-refractivity contribution is 9.10. The van der Waals surface area contributed by atoms with Gasteiger partial charge in [0.1, 0.15) is 5.75 Å². The van der Waals surface area contributed by atoms with Gasteiger partial charge in [-0.15, -0.1) is 0 Å². The van der Waals surface area contributed by atoms with Gasteiger partial charge in [0.15, 0.2) is 6.61 Å². The molecule has 1 saturated carbocycles. The van der Waals surface area contributed by atoms with Gasteiger partial charge in [0.2, 0.25) is 0 Å². The summed E-state index contributed by atoms with van der Waals surface area (Å²) >= 11 is 3.40. The van der Waals surface area contributed by atoms with Crippen LogP contribution in [0.4, 0.5) is 0 Å². The molecule has 0 aromatic heterocycles. The quantitative estimate of drug-likeness (QED) is 0.904. The Hall–Kier alpha value is -1.07. The summed E-state index contributed by atoms with van der Waals surface area (Å²) in [5.74, 6) is 0.681. The zero-order valence-corrected chi connectivity index (χ0v) is 12.8. The predicted molar refractivity (Wildman–Crippen MR) is 78.0 cm³/mol. The van der Waals surface area contributed by atoms with Crippen molar-refractivity contribution in [2.75, 3.05) is 13.7 Å². The van der Waals surface area contributed by atoms with E-state index in [0.717, 1.165) is 22.9 Å². The van der Waals surface area contributed by atoms with Gasteiger partial charge in [-0.05, 0) is 31.9 Å². The van der Waals surface area contributed by atoms with E-state index in [-0.39, 0.29) is 18.6 Å². The van der Waals surface area contributed by atoms with Crippen molar-refractivity contribution < 1.29 is 9.53 Å². The number of carbonyl (C=O) groups is 1. The summed E-state index contributed by atoms with van der Waals surface area (Å²) in [4.78, 5) is 13.7. The first-order valence-corrected chi connectivity index (χ1v) is 7.22. The molecular weight excluding hydrogens is 308 g/mol. The van der Waals surface area contributed by atoms with Gasteiger partial charge in [-0.1, -0.05) is 22.0 Å². The number of ether oxygens (including phenoxy) is 1. The van der Waals surface area contributed by atoms with Crippen LogP contribution in [-0.2, 0) is 4.79 Å². The molecule has 0 radical (unpaired) electrons. The number of nitrogens with zero attached hydrogens (tertiary/aromatic N) is 1. The third kappa shape index (κ3) is 3.70. The Morgan fingerprint density at radius 3 is 2.84 bits per heavy atom. The van der Waals surface area contributed by atoms with Crippen LogP contribution in [-0.4, -0.2) is 30.5 Å². The minimum atomic E-state index is -0.126. The van der Waals surface area contributed by atoms with E-state index in [0.29, 0.717) is 11.8 Å². The van der Waals surface area contributed by atoms with Crippen molar-refractivity contribution in [1.82, 2.24) is 4.90 Å². The maximum Gasteiger partial charge on any atom is 0.260 e. The molecule has 4 nitrogen and oxygen atoms in total. The maximum atomic E-state index is 11.9. The first-order chi connectivity index (χ1) is 8.99. The molecular formula is C14H19BrN2O2. The third-order valence-electron chi connectivity index (χ3n) is 3.31. The van der Waals surface area contributed by atoms with Crippen molar-refractivity contribution in [2.45, 2.75) is 31.8 Å². The smallest absolute Gasteiger partial charge is 0.260 e. The number of benzene rings is 1. The molecule has 19 heavy (non-hydrogen) atoms. The lowest BCUT2D eigenvalue weighted by Gasteiger charge is -2.18. The van der Waals surface area contributed by atoms with Crippen LogP contribution in [0.15, 0.2) is 22.7 Å². The number of amides is 1. The molecule has 1 aliphatic rings. The van der Waals surface area contributed by atoms with Gasteiger partial charge in [0, 0.05) is 29.2 Å². The molecule has 2 N–H and O–H groups in total. The van der Waals surface area contributed by atoms with Gasteiger partial charge in [-0.25, -0.2) is 0 Å². The van der Waals surface area contributed by atoms with Crippen molar-refractivity contribution in [2.24, 2.45) is 5.73 Å². The molecule has 1 atom stereocenters. The molecule has 2 rings (SSSR count). The van der Waals surface area contributed by atoms with Crippen LogP contribution in [0.3, 0.4) is 0 Å². The molecule has 1 amide bonds. The molecule has 0 aliphatic heterocycles. The Morgan fingerprint density at radius 2 is 2.26 bits per heavy atom. The Kier molecular flexibility index (Phi) is 4.47. The summed E-state index contributed by atoms with van der Waals surface area (Å²) in [5.41, 5.74) is 6.81. The number of nitrogens with two attached hydrogens (primary N) is 1. The van der Waals surface area contributed by atoms with E-state index >= 15 is 0 Å². The Morgan fingerprint density at radius 1 is 1.58 bits per heavy atom. The zero-order chi connectivity index (χ0) is 14.0. The largest absolute Gasteiger partial charge is 0.483 e. The van der Waals surface area contributed by atoms with Gasteiger partial charge in [0.25, 0.3) is 5.91 Å². The van der Waals surface area contributed by atoms with Crippen molar-refractivity contribution in [1.29, 1.82) is 0 Å². The molecule has 0 spiro atoms. The first-order valence-electron chi connectivity index (χ1n) is 6.42. The minimum absolute atomic E-state index is 0.0121. The van der Waals surface area contributed by atoms with Crippen LogP contribution < -0.4 is 10.5 Å². The fourth-order valence-corrected chi connectivity index (χ4v) is 2.26. The molecule has 1 unspecified atom stereocenters. The highest BCUT2D eigenvalue weighted by atomic mass is 79.9. The average Bonchev–Trinajstić information content (AvgIpc) is 3.18. The molecule has 0 heterocycles. The Labute approximate surface area is 122 Å². The second-order valence-corrected chi connectivity index (χ2v) is 5.91. The topological polar surface area (TPSA) is 55.6 Å². The summed E-state index contributed by atoms with van der Waals surface area (Å²) in [7, 11) is 1.83. The second-order valence-electron chi connectivity index (χ2n) is 5.00. The molecule has 1 aromatic rings. The van der Waals surface area contributed by atoms with Crippen LogP contribution in [0.5, 0.6) is 5.75 Å². The monoisotopic (exact) mass is 326 g/mol. The number of carbonyl (C=O) groups excluding carboxylic acids is 1. The van der Waals surface area contributed by atoms with Gasteiger partial charge < -0.3 is 15.4 Å². The standard InChI is InChI=1S/C14H19BrN2O2/c1-9(16)12-6-3-10(15)7-13(12)19-8-14(18)17(2)11-4-5-11/h3,6-7,9,11H,4-5,8,16H2,1-2H3. The zero-order valence-electron chi connectivity index (χ0n) is 11.2. The number of hydrogen-bond donors (Lipinski definition) is 1. The summed E-state index contributed by atoms with van der Waals surface area (Å²) in [5, 5.41) is 0. The van der Waals surface area contributed by atoms with E-state index in [1.54, 1.807) is 4.90 Å². The number of likely N-dealkylation sites (N-methyl/N-ethyl adjacent to an activating group) is 1. The Bertz CT molecular complexity index is 473. The molecule has 1 aromatic carbocycles. The maximum absolute atomic E-state index is 11.9. The number of halogens is 1. The molecule has 5 heteroatoms. The molecule has 0 saturated heterocycles. The van der Waals surface area contributed by atoms with Crippen molar-refractivity contribution in [3.05, 3.63) is 28.2 Å². The first kappa shape index (κ1) is 14.3. The van der Waals surface area contributed by atoms with Crippen molar-refractivity contribution >= 4 is 21.8 Å². The average molecular weight is 327 g/mol. The van der Waals surface area contributed by atoms with Crippen LogP contribution in [0.1, 0.15) is 31.4 Å². The van der Waals surface area contributed by atoms with Gasteiger partial charge >= 0.3 is 0 Å². The minimum Gasteiger partial charge on any atom is -0.483 e. The van der Waals surface area contributed by atoms with E-state index in [4.69, 9.17) is 10.5 Å². The number of hydrogen-bond acceptors (Lipinski definition) is 3. The summed E-state index contributed by atoms with van der Waals surface area (Å²) in [6, 6.07) is 5.97.